The lowest BCUT2D eigenvalue weighted by molar-refractivity contribution is -0.383. The van der Waals surface area contributed by atoms with E-state index in [-0.39, 0.29) is 5.69 Å². The largest absolute Gasteiger partial charge is 0.384 e. The average molecular weight is 291 g/mol. The molecule has 0 fully saturated rings. The lowest BCUT2D eigenvalue weighted by Crippen LogP contribution is -2.03. The monoisotopic (exact) mass is 291 g/mol. The summed E-state index contributed by atoms with van der Waals surface area (Å²) < 4.78 is 0. The minimum Gasteiger partial charge on any atom is -0.384 e. The minimum atomic E-state index is -0.391. The van der Waals surface area contributed by atoms with Crippen LogP contribution in [0.25, 0.3) is 10.9 Å². The van der Waals surface area contributed by atoms with Gasteiger partial charge in [0.15, 0.2) is 0 Å². The topological polar surface area (TPSA) is 68.1 Å². The van der Waals surface area contributed by atoms with Crippen LogP contribution in [0.2, 0.25) is 0 Å². The molecule has 0 aliphatic carbocycles. The fourth-order valence-electron chi connectivity index (χ4n) is 2.06. The third-order valence-corrected chi connectivity index (χ3v) is 3.73. The Labute approximate surface area is 121 Å². The number of nitrogens with one attached hydrogen (secondary N) is 1. The molecule has 0 amide bonds. The first-order valence-electron chi connectivity index (χ1n) is 6.49. The van der Waals surface area contributed by atoms with Gasteiger partial charge in [0.2, 0.25) is 0 Å². The molecule has 20 heavy (non-hydrogen) atoms. The van der Waals surface area contributed by atoms with Crippen LogP contribution in [0.15, 0.2) is 30.5 Å². The summed E-state index contributed by atoms with van der Waals surface area (Å²) in [7, 11) is 0. The standard InChI is InChI=1S/C14H17N3O2S/c1-20-10-3-2-8-15-12-7-9-16-14-11(12)5-4-6-13(14)17(18)19/h4-7,9H,2-3,8,10H2,1H3,(H,15,16). The second kappa shape index (κ2) is 7.09. The Morgan fingerprint density at radius 2 is 2.20 bits per heavy atom. The van der Waals surface area contributed by atoms with Gasteiger partial charge in [-0.3, -0.25) is 10.1 Å². The van der Waals surface area contributed by atoms with E-state index >= 15 is 0 Å². The van der Waals surface area contributed by atoms with Gasteiger partial charge in [0.25, 0.3) is 5.69 Å². The molecular weight excluding hydrogens is 274 g/mol. The summed E-state index contributed by atoms with van der Waals surface area (Å²) in [5.74, 6) is 1.16. The molecule has 0 saturated carbocycles. The van der Waals surface area contributed by atoms with Gasteiger partial charge in [0.1, 0.15) is 5.52 Å². The van der Waals surface area contributed by atoms with Crippen molar-refractivity contribution in [2.75, 3.05) is 23.9 Å². The summed E-state index contributed by atoms with van der Waals surface area (Å²) >= 11 is 1.84. The van der Waals surface area contributed by atoms with Crippen molar-refractivity contribution in [1.29, 1.82) is 0 Å². The van der Waals surface area contributed by atoms with Crippen molar-refractivity contribution in [3.63, 3.8) is 0 Å². The van der Waals surface area contributed by atoms with Crippen LogP contribution in [-0.4, -0.2) is 28.5 Å². The maximum absolute atomic E-state index is 11.0. The molecule has 0 atom stereocenters. The number of nitro benzene ring substituents is 1. The highest BCUT2D eigenvalue weighted by Crippen LogP contribution is 2.28. The van der Waals surface area contributed by atoms with E-state index in [1.807, 2.05) is 23.9 Å². The quantitative estimate of drug-likeness (QED) is 0.478. The van der Waals surface area contributed by atoms with E-state index in [9.17, 15) is 10.1 Å². The van der Waals surface area contributed by atoms with Gasteiger partial charge < -0.3 is 5.32 Å². The first-order valence-corrected chi connectivity index (χ1v) is 7.88. The van der Waals surface area contributed by atoms with Crippen LogP contribution in [0.3, 0.4) is 0 Å². The minimum absolute atomic E-state index is 0.0496. The molecule has 0 aliphatic rings. The molecule has 2 rings (SSSR count). The van der Waals surface area contributed by atoms with Crippen molar-refractivity contribution in [2.45, 2.75) is 12.8 Å². The first-order chi connectivity index (χ1) is 9.74. The number of pyridine rings is 1. The molecule has 0 saturated heterocycles. The normalized spacial score (nSPS) is 10.7. The van der Waals surface area contributed by atoms with Crippen LogP contribution in [0.5, 0.6) is 0 Å². The number of fused-ring (bicyclic) bond motifs is 1. The van der Waals surface area contributed by atoms with Gasteiger partial charge in [-0.15, -0.1) is 0 Å². The van der Waals surface area contributed by atoms with Crippen molar-refractivity contribution in [1.82, 2.24) is 4.98 Å². The van der Waals surface area contributed by atoms with Crippen LogP contribution < -0.4 is 5.32 Å². The zero-order valence-corrected chi connectivity index (χ0v) is 12.2. The lowest BCUT2D eigenvalue weighted by atomic mass is 10.1. The highest BCUT2D eigenvalue weighted by molar-refractivity contribution is 7.98. The number of hydrogen-bond acceptors (Lipinski definition) is 5. The molecule has 1 aromatic carbocycles. The van der Waals surface area contributed by atoms with Crippen LogP contribution in [0, 0.1) is 10.1 Å². The molecule has 1 N–H and O–H groups in total. The number of nitrogens with zero attached hydrogens (tertiary/aromatic N) is 2. The number of benzene rings is 1. The van der Waals surface area contributed by atoms with Gasteiger partial charge in [-0.1, -0.05) is 12.1 Å². The van der Waals surface area contributed by atoms with E-state index in [0.29, 0.717) is 5.52 Å². The van der Waals surface area contributed by atoms with Crippen molar-refractivity contribution in [3.8, 4) is 0 Å². The summed E-state index contributed by atoms with van der Waals surface area (Å²) in [6.07, 6.45) is 5.96. The molecule has 0 aliphatic heterocycles. The molecule has 0 spiro atoms. The molecule has 106 valence electrons. The Morgan fingerprint density at radius 3 is 2.95 bits per heavy atom. The highest BCUT2D eigenvalue weighted by atomic mass is 32.2. The van der Waals surface area contributed by atoms with Crippen LogP contribution in [-0.2, 0) is 0 Å². The Morgan fingerprint density at radius 1 is 1.35 bits per heavy atom. The fraction of sp³-hybridized carbons (Fsp3) is 0.357. The maximum atomic E-state index is 11.0. The number of non-ortho nitro benzene ring substituents is 1. The summed E-state index contributed by atoms with van der Waals surface area (Å²) in [6.45, 7) is 0.863. The summed E-state index contributed by atoms with van der Waals surface area (Å²) in [5.41, 5.74) is 1.39. The third kappa shape index (κ3) is 3.39. The van der Waals surface area contributed by atoms with E-state index in [2.05, 4.69) is 16.6 Å². The van der Waals surface area contributed by atoms with Crippen molar-refractivity contribution in [2.24, 2.45) is 0 Å². The maximum Gasteiger partial charge on any atom is 0.295 e. The van der Waals surface area contributed by atoms with Crippen molar-refractivity contribution < 1.29 is 4.92 Å². The SMILES string of the molecule is CSCCCCNc1ccnc2c([N+](=O)[O-])cccc12. The predicted molar refractivity (Wildman–Crippen MR) is 84.5 cm³/mol. The molecule has 0 bridgehead atoms. The van der Waals surface area contributed by atoms with Crippen LogP contribution in [0.1, 0.15) is 12.8 Å². The number of nitro groups is 1. The predicted octanol–water partition coefficient (Wildman–Crippen LogP) is 3.70. The number of hydrogen-bond donors (Lipinski definition) is 1. The smallest absolute Gasteiger partial charge is 0.295 e. The average Bonchev–Trinajstić information content (AvgIpc) is 2.46. The van der Waals surface area contributed by atoms with Crippen molar-refractivity contribution >= 4 is 34.0 Å². The Bertz CT molecular complexity index is 604. The number of rotatable bonds is 7. The summed E-state index contributed by atoms with van der Waals surface area (Å²) in [5, 5.41) is 15.1. The van der Waals surface area contributed by atoms with Crippen LogP contribution in [0.4, 0.5) is 11.4 Å². The van der Waals surface area contributed by atoms with E-state index in [1.54, 1.807) is 12.3 Å². The molecule has 6 heteroatoms. The van der Waals surface area contributed by atoms with Gasteiger partial charge in [-0.25, -0.2) is 4.98 Å². The van der Waals surface area contributed by atoms with Gasteiger partial charge >= 0.3 is 0 Å². The van der Waals surface area contributed by atoms with Crippen LogP contribution >= 0.6 is 11.8 Å². The molecule has 5 nitrogen and oxygen atoms in total. The third-order valence-electron chi connectivity index (χ3n) is 3.04. The highest BCUT2D eigenvalue weighted by Gasteiger charge is 2.13. The number of anilines is 1. The van der Waals surface area contributed by atoms with Gasteiger partial charge in [0.05, 0.1) is 4.92 Å². The summed E-state index contributed by atoms with van der Waals surface area (Å²) in [4.78, 5) is 14.7. The molecule has 0 radical (unpaired) electrons. The molecule has 1 aromatic heterocycles. The lowest BCUT2D eigenvalue weighted by Gasteiger charge is -2.09. The van der Waals surface area contributed by atoms with E-state index in [4.69, 9.17) is 0 Å². The molecule has 0 unspecified atom stereocenters. The molecule has 2 aromatic rings. The zero-order valence-electron chi connectivity index (χ0n) is 11.3. The van der Waals surface area contributed by atoms with E-state index in [0.717, 1.165) is 36.2 Å². The first kappa shape index (κ1) is 14.6. The number of thioether (sulfide) groups is 1. The number of unbranched alkanes of at least 4 members (excludes halogenated alkanes) is 1. The van der Waals surface area contributed by atoms with Gasteiger partial charge in [-0.05, 0) is 30.9 Å². The Balaban J connectivity index is 2.18. The Hall–Kier alpha value is -1.82. The van der Waals surface area contributed by atoms with Gasteiger partial charge in [0, 0.05) is 29.9 Å². The summed E-state index contributed by atoms with van der Waals surface area (Å²) in [6, 6.07) is 6.90. The fourth-order valence-corrected chi connectivity index (χ4v) is 2.55. The number of aromatic nitrogens is 1. The second-order valence-corrected chi connectivity index (χ2v) is 5.40. The number of para-hydroxylation sites is 1. The van der Waals surface area contributed by atoms with Crippen molar-refractivity contribution in [3.05, 3.63) is 40.6 Å². The van der Waals surface area contributed by atoms with E-state index in [1.165, 1.54) is 6.07 Å². The molecule has 1 heterocycles. The van der Waals surface area contributed by atoms with Gasteiger partial charge in [-0.2, -0.15) is 11.8 Å². The van der Waals surface area contributed by atoms with E-state index < -0.39 is 4.92 Å². The molecular formula is C14H17N3O2S. The Kier molecular flexibility index (Phi) is 5.17. The zero-order chi connectivity index (χ0) is 14.4. The second-order valence-electron chi connectivity index (χ2n) is 4.42.